The lowest BCUT2D eigenvalue weighted by molar-refractivity contribution is -0.238. The molecule has 0 spiro atoms. The summed E-state index contributed by atoms with van der Waals surface area (Å²) in [5.41, 5.74) is 0. The predicted octanol–water partition coefficient (Wildman–Crippen LogP) is -0.595. The number of aliphatic hydroxyl groups excluding tert-OH is 1. The molecule has 5 nitrogen and oxygen atoms in total. The maximum atomic E-state index is 10.8. The van der Waals surface area contributed by atoms with Crippen molar-refractivity contribution in [1.29, 1.82) is 0 Å². The molecule has 1 aliphatic rings. The minimum atomic E-state index is -1.12. The molecule has 1 aliphatic heterocycles. The Bertz CT molecular complexity index is 173. The lowest BCUT2D eigenvalue weighted by atomic mass is 10.4. The van der Waals surface area contributed by atoms with Gasteiger partial charge in [-0.15, -0.1) is 0 Å². The van der Waals surface area contributed by atoms with Crippen LogP contribution in [0.3, 0.4) is 0 Å². The topological polar surface area (TPSA) is 66.8 Å². The summed E-state index contributed by atoms with van der Waals surface area (Å²) in [6.07, 6.45) is -0.780. The van der Waals surface area contributed by atoms with Gasteiger partial charge in [-0.05, 0) is 6.92 Å². The van der Waals surface area contributed by atoms with E-state index in [4.69, 9.17) is 5.11 Å². The third kappa shape index (κ3) is 1.75. The highest BCUT2D eigenvalue weighted by Crippen LogP contribution is 2.12. The zero-order valence-corrected chi connectivity index (χ0v) is 6.11. The van der Waals surface area contributed by atoms with E-state index in [-0.39, 0.29) is 12.8 Å². The van der Waals surface area contributed by atoms with Crippen LogP contribution in [0.4, 0.5) is 0 Å². The van der Waals surface area contributed by atoms with E-state index in [1.54, 1.807) is 0 Å². The van der Waals surface area contributed by atoms with Gasteiger partial charge in [0.05, 0.1) is 0 Å². The van der Waals surface area contributed by atoms with E-state index >= 15 is 0 Å². The van der Waals surface area contributed by atoms with Gasteiger partial charge in [0.25, 0.3) is 11.8 Å². The van der Waals surface area contributed by atoms with E-state index in [9.17, 15) is 9.59 Å². The Labute approximate surface area is 63.5 Å². The number of carbonyl (C=O) groups is 2. The third-order valence-electron chi connectivity index (χ3n) is 1.26. The van der Waals surface area contributed by atoms with Crippen LogP contribution in [0.15, 0.2) is 0 Å². The van der Waals surface area contributed by atoms with Gasteiger partial charge in [0.15, 0.2) is 6.29 Å². The van der Waals surface area contributed by atoms with Gasteiger partial charge < -0.3 is 5.11 Å². The Morgan fingerprint density at radius 1 is 1.45 bits per heavy atom. The second-order valence-electron chi connectivity index (χ2n) is 2.29. The molecule has 0 unspecified atom stereocenters. The summed E-state index contributed by atoms with van der Waals surface area (Å²) < 4.78 is 0. The molecule has 0 radical (unpaired) electrons. The second kappa shape index (κ2) is 2.98. The first kappa shape index (κ1) is 8.16. The summed E-state index contributed by atoms with van der Waals surface area (Å²) in [4.78, 5) is 26.1. The summed E-state index contributed by atoms with van der Waals surface area (Å²) in [5.74, 6) is -0.785. The molecule has 0 saturated carbocycles. The van der Waals surface area contributed by atoms with Gasteiger partial charge in [-0.2, -0.15) is 5.06 Å². The van der Waals surface area contributed by atoms with Crippen LogP contribution in [0, 0.1) is 0 Å². The first-order valence-electron chi connectivity index (χ1n) is 3.32. The second-order valence-corrected chi connectivity index (χ2v) is 2.29. The van der Waals surface area contributed by atoms with Crippen molar-refractivity contribution in [3.63, 3.8) is 0 Å². The number of carbonyl (C=O) groups excluding carboxylic acids is 2. The van der Waals surface area contributed by atoms with Crippen molar-refractivity contribution in [3.05, 3.63) is 0 Å². The van der Waals surface area contributed by atoms with Crippen LogP contribution in [0.5, 0.6) is 0 Å². The van der Waals surface area contributed by atoms with Crippen LogP contribution in [-0.4, -0.2) is 28.3 Å². The molecule has 1 rings (SSSR count). The van der Waals surface area contributed by atoms with E-state index < -0.39 is 18.1 Å². The zero-order valence-electron chi connectivity index (χ0n) is 6.11. The molecule has 0 aromatic rings. The average Bonchev–Trinajstić information content (AvgIpc) is 2.18. The van der Waals surface area contributed by atoms with Crippen LogP contribution < -0.4 is 0 Å². The maximum absolute atomic E-state index is 10.8. The molecular weight excluding hydrogens is 150 g/mol. The molecule has 1 saturated heterocycles. The zero-order chi connectivity index (χ0) is 8.43. The highest BCUT2D eigenvalue weighted by atomic mass is 16.8. The van der Waals surface area contributed by atoms with Crippen LogP contribution in [0.1, 0.15) is 19.8 Å². The molecule has 1 fully saturated rings. The van der Waals surface area contributed by atoms with E-state index in [1.165, 1.54) is 6.92 Å². The quantitative estimate of drug-likeness (QED) is 0.431. The van der Waals surface area contributed by atoms with Gasteiger partial charge in [0, 0.05) is 12.8 Å². The van der Waals surface area contributed by atoms with E-state index in [0.29, 0.717) is 5.06 Å². The van der Waals surface area contributed by atoms with Gasteiger partial charge >= 0.3 is 0 Å². The van der Waals surface area contributed by atoms with Gasteiger partial charge in [0.1, 0.15) is 0 Å². The molecule has 0 aliphatic carbocycles. The summed E-state index contributed by atoms with van der Waals surface area (Å²) in [6.45, 7) is 1.33. The Kier molecular flexibility index (Phi) is 2.21. The standard InChI is InChI=1S/C6H9NO4/c1-4(8)11-7-5(9)2-3-6(7)10/h4,8H,2-3H2,1H3/t4-/m1/s1. The summed E-state index contributed by atoms with van der Waals surface area (Å²) in [7, 11) is 0. The average molecular weight is 159 g/mol. The van der Waals surface area contributed by atoms with Crippen molar-refractivity contribution in [2.45, 2.75) is 26.1 Å². The molecule has 1 heterocycles. The van der Waals surface area contributed by atoms with Crippen LogP contribution >= 0.6 is 0 Å². The van der Waals surface area contributed by atoms with Crippen LogP contribution in [-0.2, 0) is 14.4 Å². The van der Waals surface area contributed by atoms with Crippen molar-refractivity contribution < 1.29 is 19.5 Å². The number of imide groups is 1. The fourth-order valence-electron chi connectivity index (χ4n) is 0.826. The molecule has 62 valence electrons. The van der Waals surface area contributed by atoms with Gasteiger partial charge in [-0.25, -0.2) is 4.84 Å². The molecule has 1 N–H and O–H groups in total. The Morgan fingerprint density at radius 3 is 2.27 bits per heavy atom. The number of hydrogen-bond acceptors (Lipinski definition) is 4. The Hall–Kier alpha value is -0.940. The molecule has 11 heavy (non-hydrogen) atoms. The lowest BCUT2D eigenvalue weighted by Crippen LogP contribution is -2.32. The number of aliphatic hydroxyl groups is 1. The maximum Gasteiger partial charge on any atom is 0.254 e. The lowest BCUT2D eigenvalue weighted by Gasteiger charge is -2.14. The molecule has 2 amide bonds. The van der Waals surface area contributed by atoms with Gasteiger partial charge in [-0.3, -0.25) is 9.59 Å². The molecule has 1 atom stereocenters. The molecule has 0 bridgehead atoms. The first-order chi connectivity index (χ1) is 5.11. The predicted molar refractivity (Wildman–Crippen MR) is 33.9 cm³/mol. The summed E-state index contributed by atoms with van der Waals surface area (Å²) in [6, 6.07) is 0. The highest BCUT2D eigenvalue weighted by molar-refractivity contribution is 6.00. The Balaban J connectivity index is 2.55. The third-order valence-corrected chi connectivity index (χ3v) is 1.26. The van der Waals surface area contributed by atoms with Crippen molar-refractivity contribution in [2.24, 2.45) is 0 Å². The van der Waals surface area contributed by atoms with Crippen molar-refractivity contribution >= 4 is 11.8 Å². The Morgan fingerprint density at radius 2 is 1.91 bits per heavy atom. The monoisotopic (exact) mass is 159 g/mol. The summed E-state index contributed by atoms with van der Waals surface area (Å²) >= 11 is 0. The smallest absolute Gasteiger partial charge is 0.254 e. The fraction of sp³-hybridized carbons (Fsp3) is 0.667. The largest absolute Gasteiger partial charge is 0.366 e. The molecule has 5 heteroatoms. The molecule has 0 aromatic heterocycles. The first-order valence-corrected chi connectivity index (χ1v) is 3.32. The number of nitrogens with zero attached hydrogens (tertiary/aromatic N) is 1. The van der Waals surface area contributed by atoms with Crippen LogP contribution in [0.2, 0.25) is 0 Å². The summed E-state index contributed by atoms with van der Waals surface area (Å²) in [5, 5.41) is 9.30. The van der Waals surface area contributed by atoms with Crippen molar-refractivity contribution in [3.8, 4) is 0 Å². The number of rotatable bonds is 2. The van der Waals surface area contributed by atoms with Gasteiger partial charge in [-0.1, -0.05) is 0 Å². The van der Waals surface area contributed by atoms with Crippen molar-refractivity contribution in [2.75, 3.05) is 0 Å². The fourth-order valence-corrected chi connectivity index (χ4v) is 0.826. The normalized spacial score (nSPS) is 21.1. The van der Waals surface area contributed by atoms with E-state index in [0.717, 1.165) is 0 Å². The highest BCUT2D eigenvalue weighted by Gasteiger charge is 2.31. The van der Waals surface area contributed by atoms with Gasteiger partial charge in [0.2, 0.25) is 0 Å². The minimum Gasteiger partial charge on any atom is -0.366 e. The number of hydroxylamine groups is 2. The van der Waals surface area contributed by atoms with E-state index in [2.05, 4.69) is 4.84 Å². The molecular formula is C6H9NO4. The van der Waals surface area contributed by atoms with Crippen LogP contribution in [0.25, 0.3) is 0 Å². The van der Waals surface area contributed by atoms with E-state index in [1.807, 2.05) is 0 Å². The van der Waals surface area contributed by atoms with Crippen molar-refractivity contribution in [1.82, 2.24) is 5.06 Å². The number of amides is 2. The molecule has 0 aromatic carbocycles. The SMILES string of the molecule is C[C@H](O)ON1C(=O)CCC1=O. The minimum absolute atomic E-state index is 0.172. The number of hydrogen-bond donors (Lipinski definition) is 1.